The van der Waals surface area contributed by atoms with Crippen molar-refractivity contribution in [2.75, 3.05) is 0 Å². The first-order valence-electron chi connectivity index (χ1n) is 5.48. The molecule has 0 spiro atoms. The van der Waals surface area contributed by atoms with Crippen LogP contribution in [-0.2, 0) is 50.5 Å². The van der Waals surface area contributed by atoms with E-state index in [9.17, 15) is 3.50 Å². The molecule has 2 aromatic rings. The molecule has 0 nitrogen and oxygen atoms in total. The van der Waals surface area contributed by atoms with Crippen molar-refractivity contribution >= 4 is 67.5 Å². The van der Waals surface area contributed by atoms with Gasteiger partial charge in [-0.15, -0.1) is 0 Å². The number of aryl methyl sites for hydroxylation is 2. The van der Waals surface area contributed by atoms with Crippen molar-refractivity contribution in [3.63, 3.8) is 0 Å². The van der Waals surface area contributed by atoms with Gasteiger partial charge in [0.15, 0.2) is 0 Å². The van der Waals surface area contributed by atoms with Gasteiger partial charge in [0.05, 0.1) is 0 Å². The second kappa shape index (κ2) is 10.5. The van der Waals surface area contributed by atoms with Crippen molar-refractivity contribution < 1.29 is 3.50 Å². The Morgan fingerprint density at radius 1 is 0.650 bits per heavy atom. The van der Waals surface area contributed by atoms with Crippen molar-refractivity contribution in [3.05, 3.63) is 47.5 Å². The van der Waals surface area contributed by atoms with Crippen molar-refractivity contribution in [1.29, 1.82) is 0 Å². The Kier molecular flexibility index (Phi) is 10.4. The van der Waals surface area contributed by atoms with Crippen molar-refractivity contribution in [1.82, 2.24) is 0 Å². The zero-order valence-corrected chi connectivity index (χ0v) is 16.3. The van der Waals surface area contributed by atoms with Gasteiger partial charge in [-0.1, -0.05) is 47.5 Å². The molecule has 0 fully saturated rings. The maximum atomic E-state index is 9.50. The van der Waals surface area contributed by atoms with Gasteiger partial charge in [0.2, 0.25) is 0 Å². The Hall–Kier alpha value is -0.207. The van der Waals surface area contributed by atoms with Crippen molar-refractivity contribution in [2.24, 2.45) is 0 Å². The fourth-order valence-electron chi connectivity index (χ4n) is 1.23. The molecular weight excluding hydrogens is 388 g/mol. The molecule has 0 atom stereocenters. The van der Waals surface area contributed by atoms with E-state index in [1.165, 1.54) is 11.1 Å². The minimum absolute atomic E-state index is 0.500. The molecule has 0 aliphatic rings. The predicted octanol–water partition coefficient (Wildman–Crippen LogP) is 3.65. The van der Waals surface area contributed by atoms with Gasteiger partial charge in [0, 0.05) is 0 Å². The van der Waals surface area contributed by atoms with Gasteiger partial charge in [0.1, 0.15) is 0 Å². The first kappa shape index (κ1) is 19.8. The second-order valence-corrected chi connectivity index (χ2v) is 5.66. The van der Waals surface area contributed by atoms with Crippen LogP contribution in [0.4, 0.5) is 3.50 Å². The van der Waals surface area contributed by atoms with E-state index in [0.29, 0.717) is 17.0 Å². The van der Waals surface area contributed by atoms with E-state index in [2.05, 4.69) is 0 Å². The zero-order valence-electron chi connectivity index (χ0n) is 11.0. The molecule has 20 heavy (non-hydrogen) atoms. The Morgan fingerprint density at radius 3 is 1.15 bits per heavy atom. The summed E-state index contributed by atoms with van der Waals surface area (Å²) in [6, 6.07) is 11.5. The Bertz CT molecular complexity index is 497. The molecule has 0 aliphatic heterocycles. The average Bonchev–Trinajstić information content (AvgIpc) is 2.42. The predicted molar refractivity (Wildman–Crippen MR) is 91.7 cm³/mol. The third-order valence-electron chi connectivity index (χ3n) is 2.20. The van der Waals surface area contributed by atoms with Crippen LogP contribution in [0.15, 0.2) is 56.0 Å². The molecule has 0 saturated heterocycles. The van der Waals surface area contributed by atoms with E-state index < -0.39 is 0 Å². The van der Waals surface area contributed by atoms with Gasteiger partial charge >= 0.3 is 20.5 Å². The van der Waals surface area contributed by atoms with Crippen LogP contribution in [0, 0.1) is 13.8 Å². The molecule has 6 heteroatoms. The Balaban J connectivity index is 0.000000321. The molecule has 2 rings (SSSR count). The number of rotatable bonds is 0. The monoisotopic (exact) mass is 401 g/mol. The normalized spacial score (nSPS) is 8.80. The molecule has 107 valence electrons. The summed E-state index contributed by atoms with van der Waals surface area (Å²) in [5.74, 6) is 0. The van der Waals surface area contributed by atoms with Crippen molar-refractivity contribution in [3.8, 4) is 0 Å². The summed E-state index contributed by atoms with van der Waals surface area (Å²) < 4.78 is 9.50. The molecule has 0 unspecified atom stereocenters. The first-order valence-corrected chi connectivity index (χ1v) is 7.91. The summed E-state index contributed by atoms with van der Waals surface area (Å²) in [5, 5.41) is 0. The van der Waals surface area contributed by atoms with E-state index in [-0.39, 0.29) is 0 Å². The van der Waals surface area contributed by atoms with Crippen LogP contribution in [0.2, 0.25) is 0 Å². The van der Waals surface area contributed by atoms with Crippen LogP contribution in [-0.4, -0.2) is 17.0 Å². The molecule has 2 aromatic carbocycles. The fourth-order valence-corrected chi connectivity index (χ4v) is 1.99. The van der Waals surface area contributed by atoms with Crippen LogP contribution in [0.3, 0.4) is 0 Å². The first-order chi connectivity index (χ1) is 9.40. The van der Waals surface area contributed by atoms with Gasteiger partial charge in [-0.25, -0.2) is 0 Å². The van der Waals surface area contributed by atoms with Crippen molar-refractivity contribution in [2.45, 2.75) is 33.4 Å². The summed E-state index contributed by atoms with van der Waals surface area (Å²) in [6.07, 6.45) is 0. The molecule has 3 radical (unpaired) electrons. The topological polar surface area (TPSA) is 0 Å². The second-order valence-electron chi connectivity index (χ2n) is 3.90. The molecule has 0 N–H and O–H groups in total. The maximum absolute atomic E-state index is 9.50. The third-order valence-corrected chi connectivity index (χ3v) is 3.84. The van der Waals surface area contributed by atoms with Crippen LogP contribution in [0.5, 0.6) is 0 Å². The standard InChI is InChI=1S/2C7H8S2.FGe/c2*1-5-2-3-6(8)7(9)4-5;1-2/h2*2-4,8-9H,1H3;/p-4. The third kappa shape index (κ3) is 7.54. The summed E-state index contributed by atoms with van der Waals surface area (Å²) in [5.41, 5.74) is 2.35. The van der Waals surface area contributed by atoms with Gasteiger partial charge in [-0.05, 0) is 13.8 Å². The van der Waals surface area contributed by atoms with E-state index in [1.807, 2.05) is 50.2 Å². The van der Waals surface area contributed by atoms with E-state index in [4.69, 9.17) is 50.5 Å². The SMILES string of the molecule is Cc1ccc([S-])c([S-])c1.Cc1ccc([S-])c([S-])c1.[F][Ge]. The average molecular weight is 400 g/mol. The zero-order chi connectivity index (χ0) is 15.7. The van der Waals surface area contributed by atoms with Crippen LogP contribution in [0.1, 0.15) is 11.1 Å². The number of benzene rings is 2. The quantitative estimate of drug-likeness (QED) is 0.489. The molecule has 0 heterocycles. The molecule has 0 amide bonds. The van der Waals surface area contributed by atoms with Gasteiger partial charge in [-0.3, -0.25) is 0 Å². The summed E-state index contributed by atoms with van der Waals surface area (Å²) in [7, 11) is 0. The van der Waals surface area contributed by atoms with Gasteiger partial charge < -0.3 is 50.5 Å². The fraction of sp³-hybridized carbons (Fsp3) is 0.143. The molecular formula is C14H12FGeS4-4. The number of hydrogen-bond acceptors (Lipinski definition) is 4. The summed E-state index contributed by atoms with van der Waals surface area (Å²) in [6.45, 7) is 4.01. The molecule has 0 saturated carbocycles. The minimum atomic E-state index is 0.500. The van der Waals surface area contributed by atoms with Gasteiger partial charge in [-0.2, -0.15) is 19.6 Å². The van der Waals surface area contributed by atoms with Gasteiger partial charge in [0.25, 0.3) is 0 Å². The van der Waals surface area contributed by atoms with Crippen LogP contribution < -0.4 is 0 Å². The molecule has 0 aromatic heterocycles. The number of halogens is 1. The van der Waals surface area contributed by atoms with E-state index in [0.717, 1.165) is 19.6 Å². The number of hydrogen-bond donors (Lipinski definition) is 0. The Labute approximate surface area is 151 Å². The Morgan fingerprint density at radius 2 is 0.950 bits per heavy atom. The van der Waals surface area contributed by atoms with E-state index >= 15 is 0 Å². The van der Waals surface area contributed by atoms with Crippen LogP contribution in [0.25, 0.3) is 0 Å². The molecule has 0 bridgehead atoms. The summed E-state index contributed by atoms with van der Waals surface area (Å²) >= 11 is 20.2. The van der Waals surface area contributed by atoms with E-state index in [1.54, 1.807) is 0 Å². The summed E-state index contributed by atoms with van der Waals surface area (Å²) in [4.78, 5) is 3.11. The molecule has 0 aliphatic carbocycles. The van der Waals surface area contributed by atoms with Crippen LogP contribution >= 0.6 is 0 Å².